The summed E-state index contributed by atoms with van der Waals surface area (Å²) in [7, 11) is 0. The van der Waals surface area contributed by atoms with Crippen molar-refractivity contribution in [2.45, 2.75) is 50.4 Å². The van der Waals surface area contributed by atoms with Crippen LogP contribution in [-0.4, -0.2) is 65.8 Å². The normalized spacial score (nSPS) is 20.7. The summed E-state index contributed by atoms with van der Waals surface area (Å²) < 4.78 is 0. The van der Waals surface area contributed by atoms with Crippen LogP contribution in [0.3, 0.4) is 0 Å². The third kappa shape index (κ3) is 5.71. The minimum Gasteiger partial charge on any atom is -0.356 e. The van der Waals surface area contributed by atoms with Gasteiger partial charge in [-0.2, -0.15) is 0 Å². The highest BCUT2D eigenvalue weighted by molar-refractivity contribution is 6.30. The average Bonchev–Trinajstić information content (AvgIpc) is 2.74. The van der Waals surface area contributed by atoms with Crippen LogP contribution in [0.5, 0.6) is 0 Å². The lowest BCUT2D eigenvalue weighted by Gasteiger charge is -2.41. The van der Waals surface area contributed by atoms with Gasteiger partial charge in [0.15, 0.2) is 0 Å². The Labute approximate surface area is 173 Å². The second-order valence-electron chi connectivity index (χ2n) is 8.01. The van der Waals surface area contributed by atoms with E-state index in [0.29, 0.717) is 12.6 Å². The molecule has 1 unspecified atom stereocenters. The molecule has 1 aromatic carbocycles. The van der Waals surface area contributed by atoms with Crippen molar-refractivity contribution >= 4 is 23.4 Å². The van der Waals surface area contributed by atoms with E-state index in [4.69, 9.17) is 11.6 Å². The van der Waals surface area contributed by atoms with Gasteiger partial charge in [0.2, 0.25) is 11.8 Å². The first-order valence-electron chi connectivity index (χ1n) is 10.5. The maximum atomic E-state index is 12.5. The van der Waals surface area contributed by atoms with E-state index in [1.807, 2.05) is 23.1 Å². The van der Waals surface area contributed by atoms with Gasteiger partial charge >= 0.3 is 0 Å². The van der Waals surface area contributed by atoms with E-state index in [-0.39, 0.29) is 17.7 Å². The van der Waals surface area contributed by atoms with Crippen molar-refractivity contribution in [2.75, 3.05) is 32.7 Å². The van der Waals surface area contributed by atoms with Crippen LogP contribution in [-0.2, 0) is 16.0 Å². The molecule has 154 valence electrons. The first-order valence-corrected chi connectivity index (χ1v) is 11.0. The van der Waals surface area contributed by atoms with Crippen LogP contribution in [0, 0.1) is 5.92 Å². The molecular formula is C22H32ClN3O2. The molecule has 0 radical (unpaired) electrons. The SMILES string of the molecule is CC(Cl)C(=O)N1CCC(N2CCC(C(=O)NCCc3ccccc3)CC2)CC1. The molecule has 2 aliphatic rings. The van der Waals surface area contributed by atoms with Crippen LogP contribution < -0.4 is 5.32 Å². The summed E-state index contributed by atoms with van der Waals surface area (Å²) in [4.78, 5) is 28.9. The van der Waals surface area contributed by atoms with E-state index >= 15 is 0 Å². The lowest BCUT2D eigenvalue weighted by atomic mass is 9.92. The molecular weight excluding hydrogens is 374 g/mol. The Morgan fingerprint density at radius 1 is 1.07 bits per heavy atom. The summed E-state index contributed by atoms with van der Waals surface area (Å²) in [6, 6.07) is 10.8. The Morgan fingerprint density at radius 2 is 1.71 bits per heavy atom. The van der Waals surface area contributed by atoms with Crippen LogP contribution >= 0.6 is 11.6 Å². The highest BCUT2D eigenvalue weighted by atomic mass is 35.5. The number of piperidine rings is 2. The van der Waals surface area contributed by atoms with Gasteiger partial charge in [0, 0.05) is 31.6 Å². The molecule has 6 heteroatoms. The highest BCUT2D eigenvalue weighted by Crippen LogP contribution is 2.24. The topological polar surface area (TPSA) is 52.7 Å². The first kappa shape index (κ1) is 21.1. The fraction of sp³-hybridized carbons (Fsp3) is 0.636. The number of hydrogen-bond donors (Lipinski definition) is 1. The quantitative estimate of drug-likeness (QED) is 0.740. The fourth-order valence-corrected chi connectivity index (χ4v) is 4.49. The van der Waals surface area contributed by atoms with Crippen molar-refractivity contribution in [1.82, 2.24) is 15.1 Å². The lowest BCUT2D eigenvalue weighted by Crippen LogP contribution is -2.51. The van der Waals surface area contributed by atoms with Gasteiger partial charge in [-0.1, -0.05) is 30.3 Å². The molecule has 0 saturated carbocycles. The molecule has 1 N–H and O–H groups in total. The molecule has 1 aromatic rings. The van der Waals surface area contributed by atoms with Crippen molar-refractivity contribution in [3.05, 3.63) is 35.9 Å². The number of hydrogen-bond acceptors (Lipinski definition) is 3. The van der Waals surface area contributed by atoms with Crippen molar-refractivity contribution in [3.63, 3.8) is 0 Å². The van der Waals surface area contributed by atoms with Gasteiger partial charge < -0.3 is 15.1 Å². The zero-order valence-corrected chi connectivity index (χ0v) is 17.5. The van der Waals surface area contributed by atoms with Crippen LogP contribution in [0.4, 0.5) is 0 Å². The van der Waals surface area contributed by atoms with E-state index in [1.165, 1.54) is 5.56 Å². The number of halogens is 1. The molecule has 5 nitrogen and oxygen atoms in total. The maximum Gasteiger partial charge on any atom is 0.240 e. The Hall–Kier alpha value is -1.59. The van der Waals surface area contributed by atoms with Crippen molar-refractivity contribution in [3.8, 4) is 0 Å². The van der Waals surface area contributed by atoms with Gasteiger partial charge in [-0.3, -0.25) is 9.59 Å². The summed E-state index contributed by atoms with van der Waals surface area (Å²) in [6.07, 6.45) is 4.74. The van der Waals surface area contributed by atoms with Gasteiger partial charge in [-0.05, 0) is 57.7 Å². The summed E-state index contributed by atoms with van der Waals surface area (Å²) in [6.45, 7) is 5.98. The number of carbonyl (C=O) groups excluding carboxylic acids is 2. The largest absolute Gasteiger partial charge is 0.356 e. The number of likely N-dealkylation sites (tertiary alicyclic amines) is 2. The highest BCUT2D eigenvalue weighted by Gasteiger charge is 2.32. The Bertz CT molecular complexity index is 636. The Morgan fingerprint density at radius 3 is 2.32 bits per heavy atom. The third-order valence-electron chi connectivity index (χ3n) is 6.09. The maximum absolute atomic E-state index is 12.5. The molecule has 3 rings (SSSR count). The van der Waals surface area contributed by atoms with Crippen molar-refractivity contribution in [1.29, 1.82) is 0 Å². The molecule has 2 aliphatic heterocycles. The van der Waals surface area contributed by atoms with E-state index in [1.54, 1.807) is 6.92 Å². The predicted octanol–water partition coefficient (Wildman–Crippen LogP) is 2.68. The molecule has 2 amide bonds. The van der Waals surface area contributed by atoms with Gasteiger partial charge in [0.25, 0.3) is 0 Å². The van der Waals surface area contributed by atoms with Gasteiger partial charge in [-0.15, -0.1) is 11.6 Å². The van der Waals surface area contributed by atoms with Gasteiger partial charge in [0.1, 0.15) is 5.38 Å². The number of carbonyl (C=O) groups is 2. The molecule has 2 heterocycles. The lowest BCUT2D eigenvalue weighted by molar-refractivity contribution is -0.132. The summed E-state index contributed by atoms with van der Waals surface area (Å²) in [5.41, 5.74) is 1.26. The molecule has 0 aliphatic carbocycles. The van der Waals surface area contributed by atoms with Crippen molar-refractivity contribution < 1.29 is 9.59 Å². The fourth-order valence-electron chi connectivity index (χ4n) is 4.35. The number of benzene rings is 1. The van der Waals surface area contributed by atoms with Gasteiger partial charge in [0.05, 0.1) is 0 Å². The molecule has 0 aromatic heterocycles. The predicted molar refractivity (Wildman–Crippen MR) is 112 cm³/mol. The number of rotatable bonds is 6. The number of nitrogens with one attached hydrogen (secondary N) is 1. The zero-order valence-electron chi connectivity index (χ0n) is 16.8. The number of alkyl halides is 1. The van der Waals surface area contributed by atoms with E-state index in [2.05, 4.69) is 22.3 Å². The smallest absolute Gasteiger partial charge is 0.240 e. The standard InChI is InChI=1S/C22H32ClN3O2/c1-17(23)22(28)26-15-10-20(11-16-26)25-13-8-19(9-14-25)21(27)24-12-7-18-5-3-2-4-6-18/h2-6,17,19-20H,7-16H2,1H3,(H,24,27). The number of nitrogens with zero attached hydrogens (tertiary/aromatic N) is 2. The molecule has 2 saturated heterocycles. The molecule has 2 fully saturated rings. The minimum absolute atomic E-state index is 0.0472. The molecule has 28 heavy (non-hydrogen) atoms. The van der Waals surface area contributed by atoms with E-state index in [9.17, 15) is 9.59 Å². The second-order valence-corrected chi connectivity index (χ2v) is 8.66. The number of amides is 2. The Balaban J connectivity index is 1.35. The monoisotopic (exact) mass is 405 g/mol. The summed E-state index contributed by atoms with van der Waals surface area (Å²) >= 11 is 5.92. The zero-order chi connectivity index (χ0) is 19.9. The molecule has 1 atom stereocenters. The van der Waals surface area contributed by atoms with Crippen LogP contribution in [0.25, 0.3) is 0 Å². The second kappa shape index (κ2) is 10.3. The van der Waals surface area contributed by atoms with Crippen molar-refractivity contribution in [2.24, 2.45) is 5.92 Å². The summed E-state index contributed by atoms with van der Waals surface area (Å²) in [5, 5.41) is 2.67. The first-order chi connectivity index (χ1) is 13.5. The third-order valence-corrected chi connectivity index (χ3v) is 6.28. The average molecular weight is 406 g/mol. The van der Waals surface area contributed by atoms with Crippen LogP contribution in [0.2, 0.25) is 0 Å². The Kier molecular flexibility index (Phi) is 7.74. The van der Waals surface area contributed by atoms with Crippen LogP contribution in [0.1, 0.15) is 38.2 Å². The van der Waals surface area contributed by atoms with Crippen LogP contribution in [0.15, 0.2) is 30.3 Å². The molecule has 0 spiro atoms. The minimum atomic E-state index is -0.437. The summed E-state index contributed by atoms with van der Waals surface area (Å²) in [5.74, 6) is 0.379. The van der Waals surface area contributed by atoms with E-state index < -0.39 is 5.38 Å². The van der Waals surface area contributed by atoms with Gasteiger partial charge in [-0.25, -0.2) is 0 Å². The van der Waals surface area contributed by atoms with E-state index in [0.717, 1.165) is 58.3 Å². The molecule has 0 bridgehead atoms.